The lowest BCUT2D eigenvalue weighted by Gasteiger charge is -2.26. The van der Waals surface area contributed by atoms with Gasteiger partial charge in [-0.1, -0.05) is 26.1 Å². The van der Waals surface area contributed by atoms with Crippen LogP contribution in [0.4, 0.5) is 0 Å². The van der Waals surface area contributed by atoms with Crippen molar-refractivity contribution in [2.45, 2.75) is 50.3 Å². The van der Waals surface area contributed by atoms with Crippen LogP contribution in [0.5, 0.6) is 5.75 Å². The smallest absolute Gasteiger partial charge is 0.305 e. The van der Waals surface area contributed by atoms with Crippen LogP contribution in [0.3, 0.4) is 0 Å². The molecule has 4 N–H and O–H groups in total. The monoisotopic (exact) mass is 498 g/mol. The number of nitrogens with one attached hydrogen (secondary N) is 2. The molecule has 2 atom stereocenters. The van der Waals surface area contributed by atoms with E-state index < -0.39 is 0 Å². The zero-order valence-electron chi connectivity index (χ0n) is 21.7. The number of methoxy groups -OCH3 is 1. The molecular weight excluding hydrogens is 462 g/mol. The quantitative estimate of drug-likeness (QED) is 0.252. The Morgan fingerprint density at radius 2 is 2.09 bits per heavy atom. The summed E-state index contributed by atoms with van der Waals surface area (Å²) >= 11 is 0. The predicted molar refractivity (Wildman–Crippen MR) is 142 cm³/mol. The molecule has 3 aromatic heterocycles. The molecule has 0 spiro atoms. The molecule has 0 aromatic carbocycles. The van der Waals surface area contributed by atoms with Gasteiger partial charge in [0.05, 0.1) is 48.4 Å². The summed E-state index contributed by atoms with van der Waals surface area (Å²) in [6.07, 6.45) is 7.07. The fraction of sp³-hybridized carbons (Fsp3) is 0.400. The summed E-state index contributed by atoms with van der Waals surface area (Å²) in [5.41, 5.74) is 2.65. The summed E-state index contributed by atoms with van der Waals surface area (Å²) in [6, 6.07) is 3.52. The maximum absolute atomic E-state index is 12.9. The van der Waals surface area contributed by atoms with Gasteiger partial charge in [0.25, 0.3) is 0 Å². The first-order chi connectivity index (χ1) is 16.5. The van der Waals surface area contributed by atoms with Crippen molar-refractivity contribution in [3.05, 3.63) is 53.9 Å². The summed E-state index contributed by atoms with van der Waals surface area (Å²) < 4.78 is 9.30. The first-order valence-corrected chi connectivity index (χ1v) is 12.8. The van der Waals surface area contributed by atoms with Crippen LogP contribution in [0, 0.1) is 5.41 Å². The molecule has 1 unspecified atom stereocenters. The number of imidazole rings is 1. The Kier molecular flexibility index (Phi) is 7.97. The second-order valence-electron chi connectivity index (χ2n) is 9.17. The van der Waals surface area contributed by atoms with Gasteiger partial charge in [-0.2, -0.15) is 5.10 Å². The number of carbonyl (C=O) groups excluding carboxylic acids is 1. The van der Waals surface area contributed by atoms with Crippen molar-refractivity contribution in [2.75, 3.05) is 14.2 Å². The molecule has 1 amide bonds. The predicted octanol–water partition coefficient (Wildman–Crippen LogP) is 2.65. The zero-order valence-corrected chi connectivity index (χ0v) is 22.5. The highest BCUT2D eigenvalue weighted by molar-refractivity contribution is 8.16. The van der Waals surface area contributed by atoms with Crippen LogP contribution in [-0.2, 0) is 11.8 Å². The van der Waals surface area contributed by atoms with E-state index in [0.717, 1.165) is 16.3 Å². The summed E-state index contributed by atoms with van der Waals surface area (Å²) in [5, 5.41) is 20.0. The number of amides is 1. The first-order valence-electron chi connectivity index (χ1n) is 11.5. The highest BCUT2D eigenvalue weighted by Gasteiger charge is 2.23. The van der Waals surface area contributed by atoms with E-state index in [0.29, 0.717) is 17.0 Å². The Morgan fingerprint density at radius 3 is 2.63 bits per heavy atom. The van der Waals surface area contributed by atoms with E-state index in [9.17, 15) is 4.79 Å². The number of hydrogen-bond donors (Lipinski definition) is 3. The lowest BCUT2D eigenvalue weighted by molar-refractivity contribution is -0.570. The summed E-state index contributed by atoms with van der Waals surface area (Å²) in [4.78, 5) is 18.5. The van der Waals surface area contributed by atoms with E-state index in [1.54, 1.807) is 36.4 Å². The average molecular weight is 499 g/mol. The van der Waals surface area contributed by atoms with E-state index in [4.69, 9.17) is 10.1 Å². The standard InChI is InChI=1S/C25H35N7O2S/c1-9-35(25(3,4)5)22-15-32-20(14-28-23(32)13-21(22)34-8)17(26)12-19(27-6)24(33)29-16(2)18-10-11-31(7)30-18/h9-16,26-27H,1-8H3,(H,29,33)/p+1/b19-12-,26-17?/t16-,35?/m0/s1. The molecular formula is C25H36N7O2S+. The Balaban J connectivity index is 1.96. The van der Waals surface area contributed by atoms with Gasteiger partial charge in [0, 0.05) is 36.3 Å². The number of rotatable bonds is 8. The van der Waals surface area contributed by atoms with Gasteiger partial charge < -0.3 is 15.4 Å². The van der Waals surface area contributed by atoms with Crippen LogP contribution in [0.1, 0.15) is 52.0 Å². The van der Waals surface area contributed by atoms with Crippen molar-refractivity contribution in [3.63, 3.8) is 0 Å². The number of carbonyl (C=O) groups is 1. The fourth-order valence-corrected chi connectivity index (χ4v) is 6.05. The third-order valence-corrected chi connectivity index (χ3v) is 8.17. The van der Waals surface area contributed by atoms with Gasteiger partial charge in [0.15, 0.2) is 5.70 Å². The van der Waals surface area contributed by atoms with Crippen molar-refractivity contribution >= 4 is 33.1 Å². The third kappa shape index (κ3) is 5.71. The Hall–Kier alpha value is -3.24. The largest absolute Gasteiger partial charge is 0.495 e. The molecule has 0 aliphatic carbocycles. The van der Waals surface area contributed by atoms with Crippen molar-refractivity contribution in [1.82, 2.24) is 24.5 Å². The minimum absolute atomic E-state index is 0.0105. The summed E-state index contributed by atoms with van der Waals surface area (Å²) in [6.45, 7) is 10.6. The van der Waals surface area contributed by atoms with Gasteiger partial charge >= 0.3 is 5.91 Å². The van der Waals surface area contributed by atoms with E-state index in [-0.39, 0.29) is 32.9 Å². The topological polar surface area (TPSA) is 114 Å². The van der Waals surface area contributed by atoms with Gasteiger partial charge in [-0.25, -0.2) is 4.98 Å². The number of fused-ring (bicyclic) bond motifs is 1. The maximum atomic E-state index is 12.9. The minimum atomic E-state index is -0.263. The molecule has 3 rings (SSSR count). The van der Waals surface area contributed by atoms with E-state index in [2.05, 4.69) is 48.5 Å². The molecule has 0 bridgehead atoms. The van der Waals surface area contributed by atoms with Crippen molar-refractivity contribution in [2.24, 2.45) is 7.05 Å². The van der Waals surface area contributed by atoms with E-state index in [1.807, 2.05) is 42.9 Å². The maximum Gasteiger partial charge on any atom is 0.305 e. The van der Waals surface area contributed by atoms with E-state index in [1.165, 1.54) is 0 Å². The van der Waals surface area contributed by atoms with Crippen LogP contribution < -0.4 is 15.4 Å². The van der Waals surface area contributed by atoms with Gasteiger partial charge in [0.2, 0.25) is 0 Å². The second kappa shape index (κ2) is 10.6. The Labute approximate surface area is 209 Å². The fourth-order valence-electron chi connectivity index (χ4n) is 3.85. The number of nitrogens with zero attached hydrogens (tertiary/aromatic N) is 4. The molecule has 0 aliphatic rings. The van der Waals surface area contributed by atoms with E-state index >= 15 is 0 Å². The Bertz CT molecular complexity index is 1310. The molecule has 10 heteroatoms. The average Bonchev–Trinajstić information content (AvgIpc) is 3.42. The SMILES string of the molecule is C/C=S(\c1cn2c(C(=N)/C=C(\[NH2+]C)C(=O)N[C@@H](C)c3ccn(C)n3)cnc2cc1OC)C(C)(C)C. The van der Waals surface area contributed by atoms with Crippen LogP contribution in [0.15, 0.2) is 47.4 Å². The number of pyridine rings is 1. The molecule has 3 heterocycles. The number of hydrogen-bond acceptors (Lipinski definition) is 5. The molecule has 9 nitrogen and oxygen atoms in total. The minimum Gasteiger partial charge on any atom is -0.495 e. The Morgan fingerprint density at radius 1 is 1.37 bits per heavy atom. The number of ether oxygens (including phenoxy) is 1. The number of aryl methyl sites for hydroxylation is 1. The second-order valence-corrected chi connectivity index (χ2v) is 12.0. The number of allylic oxidation sites excluding steroid dienone is 1. The molecule has 3 aromatic rings. The van der Waals surface area contributed by atoms with Gasteiger partial charge in [0.1, 0.15) is 11.4 Å². The molecule has 0 fully saturated rings. The van der Waals surface area contributed by atoms with Crippen LogP contribution in [0.25, 0.3) is 5.65 Å². The van der Waals surface area contributed by atoms with Crippen LogP contribution in [-0.4, -0.2) is 55.1 Å². The van der Waals surface area contributed by atoms with Crippen molar-refractivity contribution in [1.29, 1.82) is 5.41 Å². The summed E-state index contributed by atoms with van der Waals surface area (Å²) in [7, 11) is 5.10. The number of nitrogens with two attached hydrogens (primary N) is 1. The molecule has 188 valence electrons. The van der Waals surface area contributed by atoms with Gasteiger partial charge in [-0.15, -0.1) is 10.5 Å². The molecule has 0 saturated carbocycles. The molecule has 0 saturated heterocycles. The number of quaternary nitrogens is 1. The normalized spacial score (nSPS) is 14.2. The molecule has 0 radical (unpaired) electrons. The molecule has 0 aliphatic heterocycles. The lowest BCUT2D eigenvalue weighted by atomic mass is 10.2. The van der Waals surface area contributed by atoms with Gasteiger partial charge in [-0.05, 0) is 19.9 Å². The highest BCUT2D eigenvalue weighted by Crippen LogP contribution is 2.44. The highest BCUT2D eigenvalue weighted by atomic mass is 32.2. The zero-order chi connectivity index (χ0) is 25.9. The van der Waals surface area contributed by atoms with Crippen LogP contribution in [0.2, 0.25) is 0 Å². The van der Waals surface area contributed by atoms with Crippen molar-refractivity contribution < 1.29 is 14.8 Å². The number of aromatic nitrogens is 4. The van der Waals surface area contributed by atoms with Gasteiger partial charge in [-0.3, -0.25) is 19.3 Å². The van der Waals surface area contributed by atoms with Crippen LogP contribution >= 0.6 is 10.5 Å². The molecule has 35 heavy (non-hydrogen) atoms. The van der Waals surface area contributed by atoms with Crippen molar-refractivity contribution in [3.8, 4) is 5.75 Å². The third-order valence-electron chi connectivity index (χ3n) is 5.60. The lowest BCUT2D eigenvalue weighted by Crippen LogP contribution is -2.80. The first kappa shape index (κ1) is 26.4. The summed E-state index contributed by atoms with van der Waals surface area (Å²) in [5.74, 6) is 0.514. The number of likely N-dealkylation sites (N-methyl/N-ethyl adjacent to an activating group) is 1.